The maximum atomic E-state index is 10.0. The largest absolute Gasteiger partial charge is 0.388 e. The van der Waals surface area contributed by atoms with Crippen LogP contribution < -0.4 is 0 Å². The summed E-state index contributed by atoms with van der Waals surface area (Å²) < 4.78 is 1.85. The maximum Gasteiger partial charge on any atom is 0.0954 e. The van der Waals surface area contributed by atoms with E-state index in [0.29, 0.717) is 12.5 Å². The van der Waals surface area contributed by atoms with Crippen LogP contribution >= 0.6 is 11.3 Å². The minimum absolute atomic E-state index is 0.320. The molecule has 0 saturated heterocycles. The van der Waals surface area contributed by atoms with Gasteiger partial charge < -0.3 is 5.11 Å². The molecule has 0 saturated carbocycles. The van der Waals surface area contributed by atoms with E-state index in [4.69, 9.17) is 0 Å². The molecule has 1 unspecified atom stereocenters. The van der Waals surface area contributed by atoms with Gasteiger partial charge >= 0.3 is 0 Å². The molecular formula is C11H15N3OS. The average Bonchev–Trinajstić information content (AvgIpc) is 2.86. The second-order valence-corrected chi connectivity index (χ2v) is 4.97. The van der Waals surface area contributed by atoms with Crippen LogP contribution in [0.3, 0.4) is 0 Å². The molecule has 5 heteroatoms. The minimum atomic E-state index is -0.515. The first-order chi connectivity index (χ1) is 7.66. The monoisotopic (exact) mass is 237 g/mol. The van der Waals surface area contributed by atoms with Gasteiger partial charge in [-0.05, 0) is 13.8 Å². The predicted molar refractivity (Wildman–Crippen MR) is 63.4 cm³/mol. The summed E-state index contributed by atoms with van der Waals surface area (Å²) in [7, 11) is 0. The van der Waals surface area contributed by atoms with E-state index in [2.05, 4.69) is 23.9 Å². The molecule has 2 aromatic heterocycles. The van der Waals surface area contributed by atoms with Crippen LogP contribution in [0.15, 0.2) is 24.0 Å². The second kappa shape index (κ2) is 4.76. The molecule has 2 aromatic rings. The normalized spacial score (nSPS) is 13.2. The molecule has 0 aliphatic rings. The van der Waals surface area contributed by atoms with Crippen molar-refractivity contribution in [2.24, 2.45) is 0 Å². The Morgan fingerprint density at radius 2 is 2.31 bits per heavy atom. The van der Waals surface area contributed by atoms with Crippen LogP contribution in [0.25, 0.3) is 0 Å². The Kier molecular flexibility index (Phi) is 3.36. The van der Waals surface area contributed by atoms with Gasteiger partial charge in [-0.3, -0.25) is 4.68 Å². The van der Waals surface area contributed by atoms with Gasteiger partial charge in [0.15, 0.2) is 0 Å². The molecule has 2 rings (SSSR count). The Balaban J connectivity index is 2.06. The number of aromatic nitrogens is 3. The third-order valence-electron chi connectivity index (χ3n) is 2.39. The number of nitrogens with zero attached hydrogens (tertiary/aromatic N) is 3. The number of hydrogen-bond acceptors (Lipinski definition) is 4. The van der Waals surface area contributed by atoms with E-state index in [0.717, 1.165) is 10.6 Å². The van der Waals surface area contributed by atoms with Gasteiger partial charge in [-0.2, -0.15) is 5.10 Å². The second-order valence-electron chi connectivity index (χ2n) is 3.99. The lowest BCUT2D eigenvalue weighted by atomic mass is 10.1. The molecule has 0 aliphatic carbocycles. The zero-order valence-corrected chi connectivity index (χ0v) is 10.2. The van der Waals surface area contributed by atoms with Crippen LogP contribution in [0.4, 0.5) is 0 Å². The first kappa shape index (κ1) is 11.3. The minimum Gasteiger partial charge on any atom is -0.388 e. The first-order valence-corrected chi connectivity index (χ1v) is 6.15. The summed E-state index contributed by atoms with van der Waals surface area (Å²) in [6, 6.07) is 0.320. The molecule has 1 N–H and O–H groups in total. The van der Waals surface area contributed by atoms with Gasteiger partial charge in [0.1, 0.15) is 0 Å². The lowest BCUT2D eigenvalue weighted by Crippen LogP contribution is -2.02. The van der Waals surface area contributed by atoms with Crippen LogP contribution in [0.1, 0.15) is 36.6 Å². The molecule has 0 bridgehead atoms. The first-order valence-electron chi connectivity index (χ1n) is 5.27. The summed E-state index contributed by atoms with van der Waals surface area (Å²) in [5, 5.41) is 17.1. The average molecular weight is 237 g/mol. The van der Waals surface area contributed by atoms with Crippen molar-refractivity contribution in [2.45, 2.75) is 32.4 Å². The highest BCUT2D eigenvalue weighted by Gasteiger charge is 2.13. The van der Waals surface area contributed by atoms with Crippen molar-refractivity contribution < 1.29 is 5.11 Å². The van der Waals surface area contributed by atoms with Crippen LogP contribution in [-0.4, -0.2) is 19.9 Å². The summed E-state index contributed by atoms with van der Waals surface area (Å²) in [5.41, 5.74) is 0.851. The maximum absolute atomic E-state index is 10.0. The number of aliphatic hydroxyl groups is 1. The molecule has 0 radical (unpaired) electrons. The summed E-state index contributed by atoms with van der Waals surface area (Å²) in [4.78, 5) is 4.15. The topological polar surface area (TPSA) is 50.9 Å². The Morgan fingerprint density at radius 1 is 1.50 bits per heavy atom. The fourth-order valence-electron chi connectivity index (χ4n) is 1.44. The van der Waals surface area contributed by atoms with Gasteiger partial charge in [-0.1, -0.05) is 0 Å². The summed E-state index contributed by atoms with van der Waals surface area (Å²) >= 11 is 1.56. The van der Waals surface area contributed by atoms with Crippen LogP contribution in [0.5, 0.6) is 0 Å². The highest BCUT2D eigenvalue weighted by molar-refractivity contribution is 7.09. The number of hydrogen-bond donors (Lipinski definition) is 1. The zero-order chi connectivity index (χ0) is 11.5. The Labute approximate surface area is 98.6 Å². The molecule has 16 heavy (non-hydrogen) atoms. The lowest BCUT2D eigenvalue weighted by molar-refractivity contribution is 0.178. The van der Waals surface area contributed by atoms with Crippen molar-refractivity contribution in [1.29, 1.82) is 0 Å². The van der Waals surface area contributed by atoms with Gasteiger partial charge in [0.05, 0.1) is 17.3 Å². The third kappa shape index (κ3) is 2.48. The predicted octanol–water partition coefficient (Wildman–Crippen LogP) is 2.20. The van der Waals surface area contributed by atoms with Crippen molar-refractivity contribution in [3.05, 3.63) is 34.5 Å². The Morgan fingerprint density at radius 3 is 2.88 bits per heavy atom. The van der Waals surface area contributed by atoms with E-state index >= 15 is 0 Å². The number of rotatable bonds is 4. The molecule has 0 spiro atoms. The Hall–Kier alpha value is -1.20. The molecule has 0 aromatic carbocycles. The highest BCUT2D eigenvalue weighted by atomic mass is 32.1. The SMILES string of the molecule is CC(C)n1cc(C(O)Cc2nccs2)cn1. The van der Waals surface area contributed by atoms with Crippen molar-refractivity contribution in [3.8, 4) is 0 Å². The molecule has 0 amide bonds. The van der Waals surface area contributed by atoms with Crippen LogP contribution in [0, 0.1) is 0 Å². The number of aliphatic hydroxyl groups excluding tert-OH is 1. The van der Waals surface area contributed by atoms with Gasteiger partial charge in [0.2, 0.25) is 0 Å². The number of thiazole rings is 1. The van der Waals surface area contributed by atoms with E-state index in [9.17, 15) is 5.11 Å². The highest BCUT2D eigenvalue weighted by Crippen LogP contribution is 2.19. The molecular weight excluding hydrogens is 222 g/mol. The van der Waals surface area contributed by atoms with Gasteiger partial charge in [0.25, 0.3) is 0 Å². The van der Waals surface area contributed by atoms with E-state index in [1.165, 1.54) is 0 Å². The lowest BCUT2D eigenvalue weighted by Gasteiger charge is -2.06. The van der Waals surface area contributed by atoms with Gasteiger partial charge in [-0.25, -0.2) is 4.98 Å². The Bertz CT molecular complexity index is 436. The molecule has 4 nitrogen and oxygen atoms in total. The molecule has 2 heterocycles. The fraction of sp³-hybridized carbons (Fsp3) is 0.455. The molecule has 0 aliphatic heterocycles. The van der Waals surface area contributed by atoms with Gasteiger partial charge in [0, 0.05) is 35.8 Å². The molecule has 86 valence electrons. The zero-order valence-electron chi connectivity index (χ0n) is 9.37. The van der Waals surface area contributed by atoms with E-state index in [1.54, 1.807) is 23.7 Å². The van der Waals surface area contributed by atoms with E-state index in [-0.39, 0.29) is 0 Å². The van der Waals surface area contributed by atoms with E-state index < -0.39 is 6.10 Å². The van der Waals surface area contributed by atoms with Crippen molar-refractivity contribution >= 4 is 11.3 Å². The molecule has 1 atom stereocenters. The van der Waals surface area contributed by atoms with E-state index in [1.807, 2.05) is 16.3 Å². The van der Waals surface area contributed by atoms with Crippen molar-refractivity contribution in [2.75, 3.05) is 0 Å². The van der Waals surface area contributed by atoms with Crippen molar-refractivity contribution in [1.82, 2.24) is 14.8 Å². The smallest absolute Gasteiger partial charge is 0.0954 e. The van der Waals surface area contributed by atoms with Crippen LogP contribution in [-0.2, 0) is 6.42 Å². The fourth-order valence-corrected chi connectivity index (χ4v) is 2.10. The summed E-state index contributed by atoms with van der Waals surface area (Å²) in [6.07, 6.45) is 5.41. The summed E-state index contributed by atoms with van der Waals surface area (Å²) in [6.45, 7) is 4.12. The standard InChI is InChI=1S/C11H15N3OS/c1-8(2)14-7-9(6-13-14)10(15)5-11-12-3-4-16-11/h3-4,6-8,10,15H,5H2,1-2H3. The third-order valence-corrected chi connectivity index (χ3v) is 3.19. The quantitative estimate of drug-likeness (QED) is 0.887. The van der Waals surface area contributed by atoms with Crippen molar-refractivity contribution in [3.63, 3.8) is 0 Å². The summed E-state index contributed by atoms with van der Waals surface area (Å²) in [5.74, 6) is 0. The molecule has 0 fully saturated rings. The van der Waals surface area contributed by atoms with Gasteiger partial charge in [-0.15, -0.1) is 11.3 Å². The van der Waals surface area contributed by atoms with Crippen LogP contribution in [0.2, 0.25) is 0 Å².